The fourth-order valence-corrected chi connectivity index (χ4v) is 2.85. The second kappa shape index (κ2) is 8.77. The van der Waals surface area contributed by atoms with E-state index >= 15 is 0 Å². The van der Waals surface area contributed by atoms with Gasteiger partial charge >= 0.3 is 0 Å². The van der Waals surface area contributed by atoms with Crippen molar-refractivity contribution in [1.82, 2.24) is 0 Å². The molecule has 1 atom stereocenters. The van der Waals surface area contributed by atoms with Gasteiger partial charge in [-0.1, -0.05) is 19.1 Å². The van der Waals surface area contributed by atoms with E-state index in [2.05, 4.69) is 5.32 Å². The first-order valence-corrected chi connectivity index (χ1v) is 10.2. The van der Waals surface area contributed by atoms with Crippen LogP contribution in [0.3, 0.4) is 0 Å². The van der Waals surface area contributed by atoms with Crippen LogP contribution in [0.1, 0.15) is 13.3 Å². The molecule has 27 heavy (non-hydrogen) atoms. The molecule has 0 spiro atoms. The van der Waals surface area contributed by atoms with E-state index in [0.717, 1.165) is 10.6 Å². The minimum absolute atomic E-state index is 0.320. The number of anilines is 2. The van der Waals surface area contributed by atoms with E-state index in [0.29, 0.717) is 29.3 Å². The van der Waals surface area contributed by atoms with E-state index < -0.39 is 16.1 Å². The quantitative estimate of drug-likeness (QED) is 0.747. The van der Waals surface area contributed by atoms with Crippen LogP contribution >= 0.6 is 0 Å². The minimum atomic E-state index is -3.39. The number of nitrogens with zero attached hydrogens (tertiary/aromatic N) is 1. The van der Waals surface area contributed by atoms with Crippen molar-refractivity contribution in [3.8, 4) is 11.5 Å². The molecule has 8 heteroatoms. The molecule has 0 fully saturated rings. The molecule has 2 aromatic rings. The lowest BCUT2D eigenvalue weighted by Gasteiger charge is -2.19. The molecular formula is C19H24N2O5S. The zero-order chi connectivity index (χ0) is 20.0. The highest BCUT2D eigenvalue weighted by atomic mass is 32.2. The fraction of sp³-hybridized carbons (Fsp3) is 0.316. The molecule has 0 aliphatic rings. The summed E-state index contributed by atoms with van der Waals surface area (Å²) in [5.41, 5.74) is 0.942. The van der Waals surface area contributed by atoms with Crippen molar-refractivity contribution in [2.24, 2.45) is 0 Å². The monoisotopic (exact) mass is 392 g/mol. The minimum Gasteiger partial charge on any atom is -0.497 e. The highest BCUT2D eigenvalue weighted by Gasteiger charge is 2.19. The molecule has 0 heterocycles. The first kappa shape index (κ1) is 20.6. The van der Waals surface area contributed by atoms with Crippen molar-refractivity contribution in [3.05, 3.63) is 48.5 Å². The van der Waals surface area contributed by atoms with Crippen molar-refractivity contribution >= 4 is 27.3 Å². The maximum atomic E-state index is 12.6. The average molecular weight is 392 g/mol. The summed E-state index contributed by atoms with van der Waals surface area (Å²) in [5, 5.41) is 2.77. The van der Waals surface area contributed by atoms with Crippen LogP contribution in [0.15, 0.2) is 48.5 Å². The fourth-order valence-electron chi connectivity index (χ4n) is 2.35. The molecule has 2 aromatic carbocycles. The molecule has 0 aromatic heterocycles. The highest BCUT2D eigenvalue weighted by molar-refractivity contribution is 7.92. The van der Waals surface area contributed by atoms with Crippen molar-refractivity contribution in [2.75, 3.05) is 30.0 Å². The molecule has 0 saturated carbocycles. The summed E-state index contributed by atoms with van der Waals surface area (Å²) in [6.07, 6.45) is 0.882. The van der Waals surface area contributed by atoms with Crippen molar-refractivity contribution in [1.29, 1.82) is 0 Å². The van der Waals surface area contributed by atoms with Crippen molar-refractivity contribution < 1.29 is 22.7 Å². The molecule has 0 aliphatic carbocycles. The van der Waals surface area contributed by atoms with Gasteiger partial charge in [0.2, 0.25) is 10.0 Å². The van der Waals surface area contributed by atoms with E-state index in [1.54, 1.807) is 55.6 Å². The van der Waals surface area contributed by atoms with Gasteiger partial charge in [-0.05, 0) is 36.8 Å². The Kier molecular flexibility index (Phi) is 6.68. The largest absolute Gasteiger partial charge is 0.497 e. The number of ether oxygens (including phenoxy) is 2. The number of rotatable bonds is 8. The second-order valence-electron chi connectivity index (χ2n) is 5.96. The molecule has 7 nitrogen and oxygen atoms in total. The van der Waals surface area contributed by atoms with Crippen LogP contribution in [-0.4, -0.2) is 40.8 Å². The molecule has 0 radical (unpaired) electrons. The maximum Gasteiger partial charge on any atom is 0.265 e. The standard InChI is InChI=1S/C19H24N2O5S/c1-5-18(26-17-11-7-10-16(13-17)25-3)19(22)20-14-8-6-9-15(12-14)21(2)27(4,23)24/h6-13,18H,5H2,1-4H3,(H,20,22)/t18-/m0/s1. The predicted molar refractivity (Wildman–Crippen MR) is 106 cm³/mol. The number of methoxy groups -OCH3 is 1. The van der Waals surface area contributed by atoms with E-state index in [1.165, 1.54) is 7.05 Å². The number of amides is 1. The predicted octanol–water partition coefficient (Wildman–Crippen LogP) is 2.89. The molecule has 2 rings (SSSR count). The van der Waals surface area contributed by atoms with Gasteiger partial charge < -0.3 is 14.8 Å². The van der Waals surface area contributed by atoms with E-state index in [-0.39, 0.29) is 5.91 Å². The Labute approximate surface area is 160 Å². The number of carbonyl (C=O) groups excluding carboxylic acids is 1. The van der Waals surface area contributed by atoms with Crippen LogP contribution in [0.25, 0.3) is 0 Å². The molecule has 0 unspecified atom stereocenters. The molecule has 0 saturated heterocycles. The van der Waals surface area contributed by atoms with Gasteiger partial charge in [0, 0.05) is 18.8 Å². The zero-order valence-corrected chi connectivity index (χ0v) is 16.6. The average Bonchev–Trinajstić information content (AvgIpc) is 2.65. The number of hydrogen-bond donors (Lipinski definition) is 1. The Morgan fingerprint density at radius 2 is 1.81 bits per heavy atom. The summed E-state index contributed by atoms with van der Waals surface area (Å²) >= 11 is 0. The lowest BCUT2D eigenvalue weighted by Crippen LogP contribution is -2.32. The van der Waals surface area contributed by atoms with Crippen LogP contribution in [0.2, 0.25) is 0 Å². The van der Waals surface area contributed by atoms with E-state index in [9.17, 15) is 13.2 Å². The number of nitrogens with one attached hydrogen (secondary N) is 1. The van der Waals surface area contributed by atoms with Crippen molar-refractivity contribution in [2.45, 2.75) is 19.4 Å². The third kappa shape index (κ3) is 5.62. The number of carbonyl (C=O) groups is 1. The third-order valence-electron chi connectivity index (χ3n) is 3.96. The van der Waals surface area contributed by atoms with Crippen LogP contribution < -0.4 is 19.1 Å². The Hall–Kier alpha value is -2.74. The maximum absolute atomic E-state index is 12.6. The first-order chi connectivity index (χ1) is 12.7. The summed E-state index contributed by atoms with van der Waals surface area (Å²) in [6, 6.07) is 13.6. The Morgan fingerprint density at radius 3 is 2.44 bits per heavy atom. The van der Waals surface area contributed by atoms with Crippen LogP contribution in [0.5, 0.6) is 11.5 Å². The highest BCUT2D eigenvalue weighted by Crippen LogP contribution is 2.23. The molecule has 0 aliphatic heterocycles. The van der Waals surface area contributed by atoms with Crippen LogP contribution in [-0.2, 0) is 14.8 Å². The van der Waals surface area contributed by atoms with Crippen molar-refractivity contribution in [3.63, 3.8) is 0 Å². The summed E-state index contributed by atoms with van der Waals surface area (Å²) in [5.74, 6) is 0.848. The smallest absolute Gasteiger partial charge is 0.265 e. The topological polar surface area (TPSA) is 84.9 Å². The Bertz CT molecular complexity index is 898. The lowest BCUT2D eigenvalue weighted by atomic mass is 10.2. The normalized spacial score (nSPS) is 12.1. The van der Waals surface area contributed by atoms with E-state index in [4.69, 9.17) is 9.47 Å². The SMILES string of the molecule is CC[C@H](Oc1cccc(OC)c1)C(=O)Nc1cccc(N(C)S(C)(=O)=O)c1. The molecule has 0 bridgehead atoms. The van der Waals surface area contributed by atoms with E-state index in [1.807, 2.05) is 6.92 Å². The zero-order valence-electron chi connectivity index (χ0n) is 15.8. The van der Waals surface area contributed by atoms with Crippen LogP contribution in [0, 0.1) is 0 Å². The molecule has 146 valence electrons. The van der Waals surface area contributed by atoms with Gasteiger partial charge in [-0.25, -0.2) is 8.42 Å². The summed E-state index contributed by atoms with van der Waals surface area (Å²) in [6.45, 7) is 1.85. The molecular weight excluding hydrogens is 368 g/mol. The first-order valence-electron chi connectivity index (χ1n) is 8.40. The van der Waals surface area contributed by atoms with Gasteiger partial charge in [0.25, 0.3) is 5.91 Å². The second-order valence-corrected chi connectivity index (χ2v) is 7.98. The Balaban J connectivity index is 2.12. The van der Waals surface area contributed by atoms with Gasteiger partial charge in [0.1, 0.15) is 11.5 Å². The number of sulfonamides is 1. The number of hydrogen-bond acceptors (Lipinski definition) is 5. The van der Waals surface area contributed by atoms with Gasteiger partial charge in [0.15, 0.2) is 6.10 Å². The molecule has 1 N–H and O–H groups in total. The summed E-state index contributed by atoms with van der Waals surface area (Å²) < 4.78 is 35.4. The Morgan fingerprint density at radius 1 is 1.15 bits per heavy atom. The van der Waals surface area contributed by atoms with Gasteiger partial charge in [-0.3, -0.25) is 9.10 Å². The van der Waals surface area contributed by atoms with Gasteiger partial charge in [-0.2, -0.15) is 0 Å². The number of benzene rings is 2. The lowest BCUT2D eigenvalue weighted by molar-refractivity contribution is -0.122. The van der Waals surface area contributed by atoms with Gasteiger partial charge in [0.05, 0.1) is 19.1 Å². The molecule has 1 amide bonds. The third-order valence-corrected chi connectivity index (χ3v) is 5.16. The summed E-state index contributed by atoms with van der Waals surface area (Å²) in [7, 11) is -0.371. The summed E-state index contributed by atoms with van der Waals surface area (Å²) in [4.78, 5) is 12.6. The van der Waals surface area contributed by atoms with Gasteiger partial charge in [-0.15, -0.1) is 0 Å². The van der Waals surface area contributed by atoms with Crippen LogP contribution in [0.4, 0.5) is 11.4 Å².